The minimum Gasteiger partial charge on any atom is -0.367 e. The fourth-order valence-electron chi connectivity index (χ4n) is 5.19. The Morgan fingerprint density at radius 1 is 0.818 bits per heavy atom. The zero-order chi connectivity index (χ0) is 32.7. The first kappa shape index (κ1) is 35.2. The van der Waals surface area contributed by atoms with Crippen LogP contribution in [-0.4, -0.2) is 67.5 Å². The molecule has 3 amide bonds. The fourth-order valence-corrected chi connectivity index (χ4v) is 5.78. The minimum absolute atomic E-state index is 0.0284. The molecule has 1 unspecified atom stereocenters. The van der Waals surface area contributed by atoms with Gasteiger partial charge in [0.05, 0.1) is 23.3 Å². The van der Waals surface area contributed by atoms with Gasteiger partial charge >= 0.3 is 0 Å². The van der Waals surface area contributed by atoms with Crippen LogP contribution in [0.3, 0.4) is 0 Å². The highest BCUT2D eigenvalue weighted by atomic mass is 32.2. The molecule has 242 valence electrons. The Morgan fingerprint density at radius 2 is 1.36 bits per heavy atom. The number of amides is 3. The van der Waals surface area contributed by atoms with E-state index in [1.54, 1.807) is 0 Å². The van der Waals surface area contributed by atoms with Gasteiger partial charge in [-0.15, -0.1) is 0 Å². The molecule has 0 radical (unpaired) electrons. The van der Waals surface area contributed by atoms with E-state index >= 15 is 0 Å². The van der Waals surface area contributed by atoms with Gasteiger partial charge in [0.15, 0.2) is 9.84 Å². The standard InChI is InChI=1S/C34H49N3O6S/c1-22(2)18-29(38)37-32(34(5,6)44(7,41)42)33(40)36-27(20-25-16-12-9-13-17-25)31-28(43-31)21-30(39)35-26(23(3)4)19-24-14-10-8-11-15-24/h8-17,22-23,26-28,31-32H,18-21H2,1-7H3,(H,35,39)(H,36,40)(H,37,38)/t26?,27-,28-,31+,32+/m0/s1. The van der Waals surface area contributed by atoms with Gasteiger partial charge in [0.1, 0.15) is 12.1 Å². The first-order valence-electron chi connectivity index (χ1n) is 15.4. The van der Waals surface area contributed by atoms with E-state index in [4.69, 9.17) is 4.74 Å². The van der Waals surface area contributed by atoms with Gasteiger partial charge in [-0.3, -0.25) is 14.4 Å². The molecule has 44 heavy (non-hydrogen) atoms. The van der Waals surface area contributed by atoms with E-state index in [9.17, 15) is 22.8 Å². The van der Waals surface area contributed by atoms with Crippen molar-refractivity contribution in [3.8, 4) is 0 Å². The lowest BCUT2D eigenvalue weighted by atomic mass is 9.95. The fraction of sp³-hybridized carbons (Fsp3) is 0.559. The monoisotopic (exact) mass is 627 g/mol. The summed E-state index contributed by atoms with van der Waals surface area (Å²) < 4.78 is 29.9. The Morgan fingerprint density at radius 3 is 1.86 bits per heavy atom. The Labute approximate surface area is 262 Å². The van der Waals surface area contributed by atoms with Gasteiger partial charge in [-0.2, -0.15) is 0 Å². The molecule has 1 aliphatic rings. The van der Waals surface area contributed by atoms with Crippen molar-refractivity contribution in [1.82, 2.24) is 16.0 Å². The second-order valence-electron chi connectivity index (χ2n) is 13.2. The van der Waals surface area contributed by atoms with Gasteiger partial charge in [0, 0.05) is 18.7 Å². The number of carbonyl (C=O) groups excluding carboxylic acids is 3. The molecule has 10 heteroatoms. The highest BCUT2D eigenvalue weighted by Crippen LogP contribution is 2.31. The molecule has 0 aliphatic carbocycles. The summed E-state index contributed by atoms with van der Waals surface area (Å²) in [7, 11) is -3.75. The molecule has 0 spiro atoms. The van der Waals surface area contributed by atoms with Crippen LogP contribution in [0.25, 0.3) is 0 Å². The number of nitrogens with one attached hydrogen (secondary N) is 3. The number of hydrogen-bond acceptors (Lipinski definition) is 6. The molecule has 1 heterocycles. The average Bonchev–Trinajstić information content (AvgIpc) is 3.69. The summed E-state index contributed by atoms with van der Waals surface area (Å²) in [6.07, 6.45) is 1.60. The van der Waals surface area contributed by atoms with Crippen molar-refractivity contribution in [3.05, 3.63) is 71.8 Å². The molecule has 0 aromatic heterocycles. The molecule has 1 fully saturated rings. The zero-order valence-electron chi connectivity index (χ0n) is 27.0. The Hall–Kier alpha value is -3.24. The summed E-state index contributed by atoms with van der Waals surface area (Å²) in [5, 5.41) is 8.83. The average molecular weight is 628 g/mol. The van der Waals surface area contributed by atoms with Crippen molar-refractivity contribution in [1.29, 1.82) is 0 Å². The summed E-state index contributed by atoms with van der Waals surface area (Å²) in [6, 6.07) is 17.6. The second-order valence-corrected chi connectivity index (χ2v) is 15.8. The third-order valence-electron chi connectivity index (χ3n) is 8.29. The van der Waals surface area contributed by atoms with E-state index in [-0.39, 0.29) is 36.6 Å². The first-order chi connectivity index (χ1) is 20.6. The lowest BCUT2D eigenvalue weighted by Gasteiger charge is -2.33. The van der Waals surface area contributed by atoms with Crippen LogP contribution in [0.4, 0.5) is 0 Å². The van der Waals surface area contributed by atoms with E-state index in [0.29, 0.717) is 12.8 Å². The molecule has 0 saturated carbocycles. The topological polar surface area (TPSA) is 134 Å². The smallest absolute Gasteiger partial charge is 0.244 e. The van der Waals surface area contributed by atoms with Gasteiger partial charge in [0.2, 0.25) is 17.7 Å². The van der Waals surface area contributed by atoms with Crippen molar-refractivity contribution in [2.45, 2.75) is 102 Å². The first-order valence-corrected chi connectivity index (χ1v) is 17.3. The summed E-state index contributed by atoms with van der Waals surface area (Å²) >= 11 is 0. The number of benzene rings is 2. The van der Waals surface area contributed by atoms with Crippen molar-refractivity contribution in [2.75, 3.05) is 6.26 Å². The van der Waals surface area contributed by atoms with Gasteiger partial charge < -0.3 is 20.7 Å². The molecule has 5 atom stereocenters. The maximum absolute atomic E-state index is 13.8. The van der Waals surface area contributed by atoms with Crippen LogP contribution in [0.1, 0.15) is 65.5 Å². The van der Waals surface area contributed by atoms with Crippen LogP contribution in [-0.2, 0) is 41.8 Å². The Balaban J connectivity index is 1.75. The van der Waals surface area contributed by atoms with E-state index < -0.39 is 50.7 Å². The Bertz CT molecular complexity index is 1360. The summed E-state index contributed by atoms with van der Waals surface area (Å²) in [5.74, 6) is -0.889. The van der Waals surface area contributed by atoms with Crippen LogP contribution < -0.4 is 16.0 Å². The highest BCUT2D eigenvalue weighted by molar-refractivity contribution is 7.92. The molecule has 1 saturated heterocycles. The van der Waals surface area contributed by atoms with Crippen LogP contribution in [0.5, 0.6) is 0 Å². The van der Waals surface area contributed by atoms with Gasteiger partial charge in [-0.25, -0.2) is 8.42 Å². The number of sulfone groups is 1. The molecule has 2 aromatic rings. The lowest BCUT2D eigenvalue weighted by Crippen LogP contribution is -2.62. The van der Waals surface area contributed by atoms with Crippen molar-refractivity contribution < 1.29 is 27.5 Å². The molecule has 1 aliphatic heterocycles. The number of ether oxygens (including phenoxy) is 1. The summed E-state index contributed by atoms with van der Waals surface area (Å²) in [4.78, 5) is 39.6. The molecule has 9 nitrogen and oxygen atoms in total. The summed E-state index contributed by atoms with van der Waals surface area (Å²) in [6.45, 7) is 10.8. The molecular weight excluding hydrogens is 578 g/mol. The van der Waals surface area contributed by atoms with E-state index in [0.717, 1.165) is 17.4 Å². The van der Waals surface area contributed by atoms with Crippen LogP contribution in [0.15, 0.2) is 60.7 Å². The summed E-state index contributed by atoms with van der Waals surface area (Å²) in [5.41, 5.74) is 2.09. The SMILES string of the molecule is CC(C)CC(=O)N[C@H](C(=O)N[C@@H](Cc1ccccc1)[C@H]1O[C@H]1CC(=O)NC(Cc1ccccc1)C(C)C)C(C)(C)S(C)(=O)=O. The third-order valence-corrected chi connectivity index (χ3v) is 10.4. The normalized spacial score (nSPS) is 18.8. The maximum Gasteiger partial charge on any atom is 0.244 e. The van der Waals surface area contributed by atoms with Crippen LogP contribution in [0, 0.1) is 11.8 Å². The molecule has 0 bridgehead atoms. The van der Waals surface area contributed by atoms with Gasteiger partial charge in [-0.05, 0) is 49.7 Å². The number of epoxide rings is 1. The molecule has 3 N–H and O–H groups in total. The van der Waals surface area contributed by atoms with Crippen molar-refractivity contribution >= 4 is 27.6 Å². The largest absolute Gasteiger partial charge is 0.367 e. The lowest BCUT2D eigenvalue weighted by molar-refractivity contribution is -0.130. The maximum atomic E-state index is 13.8. The quantitative estimate of drug-likeness (QED) is 0.244. The Kier molecular flexibility index (Phi) is 12.1. The van der Waals surface area contributed by atoms with Crippen molar-refractivity contribution in [3.63, 3.8) is 0 Å². The minimum atomic E-state index is -3.75. The van der Waals surface area contributed by atoms with Crippen LogP contribution >= 0.6 is 0 Å². The van der Waals surface area contributed by atoms with Crippen LogP contribution in [0.2, 0.25) is 0 Å². The van der Waals surface area contributed by atoms with E-state index in [1.165, 1.54) is 13.8 Å². The van der Waals surface area contributed by atoms with Gasteiger partial charge in [0.25, 0.3) is 0 Å². The van der Waals surface area contributed by atoms with Gasteiger partial charge in [-0.1, -0.05) is 88.4 Å². The van der Waals surface area contributed by atoms with E-state index in [2.05, 4.69) is 29.8 Å². The predicted octanol–water partition coefficient (Wildman–Crippen LogP) is 3.61. The molecule has 3 rings (SSSR count). The highest BCUT2D eigenvalue weighted by Gasteiger charge is 2.49. The zero-order valence-corrected chi connectivity index (χ0v) is 27.8. The molecule has 2 aromatic carbocycles. The predicted molar refractivity (Wildman–Crippen MR) is 173 cm³/mol. The number of hydrogen-bond donors (Lipinski definition) is 3. The number of carbonyl (C=O) groups is 3. The van der Waals surface area contributed by atoms with E-state index in [1.807, 2.05) is 74.5 Å². The van der Waals surface area contributed by atoms with Crippen molar-refractivity contribution in [2.24, 2.45) is 11.8 Å². The molecular formula is C34H49N3O6S. The number of rotatable bonds is 16. The third kappa shape index (κ3) is 10.2. The second kappa shape index (κ2) is 15.2.